The molecule has 4 aliphatic carbocycles. The average Bonchev–Trinajstić information content (AvgIpc) is 3.00. The molecular weight excluding hydrogens is 358 g/mol. The van der Waals surface area contributed by atoms with Crippen molar-refractivity contribution < 1.29 is 10.2 Å². The first-order chi connectivity index (χ1) is 13.7. The third kappa shape index (κ3) is 3.72. The summed E-state index contributed by atoms with van der Waals surface area (Å²) in [6.07, 6.45) is 11.7. The lowest BCUT2D eigenvalue weighted by Crippen LogP contribution is -2.58. The van der Waals surface area contributed by atoms with Crippen molar-refractivity contribution in [2.24, 2.45) is 46.3 Å². The van der Waals surface area contributed by atoms with Gasteiger partial charge in [-0.15, -0.1) is 0 Å². The Morgan fingerprint density at radius 2 is 1.62 bits per heavy atom. The van der Waals surface area contributed by atoms with Crippen molar-refractivity contribution in [2.45, 2.75) is 97.2 Å². The van der Waals surface area contributed by atoms with Crippen LogP contribution >= 0.6 is 0 Å². The Bertz CT molecular complexity index is 579. The standard InChI is InChI=1S/C26H47NO2/c1-17(7-6-14-27(4)5)20-8-9-21-24-22(11-13-26(20,21)3)25(2)12-10-19(28)15-18(25)16-23(24)29/h17-24,28-29H,6-16H2,1-5H3/t17-,18?,19-,20-,21+,22+,23-,24+,25+,26-/m1/s1. The fraction of sp³-hybridized carbons (Fsp3) is 1.00. The molecule has 0 aromatic rings. The van der Waals surface area contributed by atoms with Crippen molar-refractivity contribution in [3.8, 4) is 0 Å². The summed E-state index contributed by atoms with van der Waals surface area (Å²) < 4.78 is 0. The van der Waals surface area contributed by atoms with Crippen molar-refractivity contribution in [1.29, 1.82) is 0 Å². The zero-order valence-corrected chi connectivity index (χ0v) is 19.7. The third-order valence-electron chi connectivity index (χ3n) is 10.7. The minimum absolute atomic E-state index is 0.135. The number of fused-ring (bicyclic) bond motifs is 5. The van der Waals surface area contributed by atoms with E-state index in [9.17, 15) is 10.2 Å². The molecule has 10 atom stereocenters. The van der Waals surface area contributed by atoms with Crippen LogP contribution in [0, 0.1) is 46.3 Å². The van der Waals surface area contributed by atoms with Crippen LogP contribution in [-0.4, -0.2) is 48.0 Å². The first-order valence-electron chi connectivity index (χ1n) is 12.7. The zero-order chi connectivity index (χ0) is 21.0. The van der Waals surface area contributed by atoms with Gasteiger partial charge >= 0.3 is 0 Å². The van der Waals surface area contributed by atoms with E-state index >= 15 is 0 Å². The first kappa shape index (κ1) is 22.1. The van der Waals surface area contributed by atoms with Gasteiger partial charge in [-0.3, -0.25) is 0 Å². The van der Waals surface area contributed by atoms with Gasteiger partial charge < -0.3 is 15.1 Å². The molecule has 4 rings (SSSR count). The van der Waals surface area contributed by atoms with Gasteiger partial charge in [0, 0.05) is 0 Å². The average molecular weight is 406 g/mol. The molecule has 0 aromatic heterocycles. The third-order valence-corrected chi connectivity index (χ3v) is 10.7. The number of aliphatic hydroxyl groups excluding tert-OH is 2. The van der Waals surface area contributed by atoms with Crippen LogP contribution in [0.2, 0.25) is 0 Å². The Hall–Kier alpha value is -0.120. The van der Waals surface area contributed by atoms with Crippen molar-refractivity contribution >= 4 is 0 Å². The highest BCUT2D eigenvalue weighted by molar-refractivity contribution is 5.11. The lowest BCUT2D eigenvalue weighted by molar-refractivity contribution is -0.174. The van der Waals surface area contributed by atoms with Gasteiger partial charge in [-0.25, -0.2) is 0 Å². The van der Waals surface area contributed by atoms with E-state index in [-0.39, 0.29) is 12.2 Å². The maximum atomic E-state index is 11.3. The van der Waals surface area contributed by atoms with Crippen LogP contribution in [0.25, 0.3) is 0 Å². The van der Waals surface area contributed by atoms with Gasteiger partial charge in [0.15, 0.2) is 0 Å². The summed E-state index contributed by atoms with van der Waals surface area (Å²) in [5.41, 5.74) is 0.775. The zero-order valence-electron chi connectivity index (χ0n) is 19.7. The quantitative estimate of drug-likeness (QED) is 0.680. The minimum Gasteiger partial charge on any atom is -0.393 e. The van der Waals surface area contributed by atoms with E-state index in [1.165, 1.54) is 51.5 Å². The van der Waals surface area contributed by atoms with Gasteiger partial charge in [0.2, 0.25) is 0 Å². The molecule has 3 nitrogen and oxygen atoms in total. The van der Waals surface area contributed by atoms with Gasteiger partial charge in [0.25, 0.3) is 0 Å². The highest BCUT2D eigenvalue weighted by Crippen LogP contribution is 2.68. The van der Waals surface area contributed by atoms with Crippen LogP contribution in [0.5, 0.6) is 0 Å². The summed E-state index contributed by atoms with van der Waals surface area (Å²) in [5.74, 6) is 4.04. The van der Waals surface area contributed by atoms with Gasteiger partial charge in [-0.1, -0.05) is 20.8 Å². The first-order valence-corrected chi connectivity index (χ1v) is 12.7. The Kier molecular flexibility index (Phi) is 6.17. The molecule has 0 aromatic carbocycles. The SMILES string of the molecule is C[C@H](CCCN(C)C)[C@H]1CC[C@H]2[C@@H]3[C@H](O)CC4C[C@H](O)CC[C@]4(C)[C@H]3CC[C@]12C. The topological polar surface area (TPSA) is 43.7 Å². The number of nitrogens with zero attached hydrogens (tertiary/aromatic N) is 1. The van der Waals surface area contributed by atoms with Gasteiger partial charge in [-0.2, -0.15) is 0 Å². The van der Waals surface area contributed by atoms with Gasteiger partial charge in [-0.05, 0) is 131 Å². The molecule has 3 heteroatoms. The summed E-state index contributed by atoms with van der Waals surface area (Å²) in [7, 11) is 4.36. The fourth-order valence-corrected chi connectivity index (χ4v) is 9.11. The van der Waals surface area contributed by atoms with Crippen LogP contribution in [0.3, 0.4) is 0 Å². The van der Waals surface area contributed by atoms with E-state index in [2.05, 4.69) is 39.8 Å². The number of hydrogen-bond acceptors (Lipinski definition) is 3. The summed E-state index contributed by atoms with van der Waals surface area (Å²) in [4.78, 5) is 2.31. The lowest BCUT2D eigenvalue weighted by atomic mass is 9.43. The Morgan fingerprint density at radius 1 is 0.931 bits per heavy atom. The van der Waals surface area contributed by atoms with E-state index in [1.807, 2.05) is 0 Å². The molecule has 1 unspecified atom stereocenters. The highest BCUT2D eigenvalue weighted by atomic mass is 16.3. The Labute approximate surface area is 179 Å². The van der Waals surface area contributed by atoms with E-state index in [4.69, 9.17) is 0 Å². The van der Waals surface area contributed by atoms with E-state index < -0.39 is 0 Å². The van der Waals surface area contributed by atoms with E-state index in [0.29, 0.717) is 34.5 Å². The van der Waals surface area contributed by atoms with Crippen LogP contribution in [0.1, 0.15) is 85.0 Å². The van der Waals surface area contributed by atoms with Crippen LogP contribution in [0.15, 0.2) is 0 Å². The molecule has 29 heavy (non-hydrogen) atoms. The van der Waals surface area contributed by atoms with Crippen molar-refractivity contribution in [3.63, 3.8) is 0 Å². The highest BCUT2D eigenvalue weighted by Gasteiger charge is 2.62. The number of rotatable bonds is 5. The second kappa shape index (κ2) is 8.10. The molecule has 0 amide bonds. The molecule has 2 N–H and O–H groups in total. The molecule has 4 aliphatic rings. The molecule has 0 spiro atoms. The Balaban J connectivity index is 1.50. The molecule has 0 heterocycles. The van der Waals surface area contributed by atoms with Gasteiger partial charge in [0.1, 0.15) is 0 Å². The minimum atomic E-state index is -0.143. The summed E-state index contributed by atoms with van der Waals surface area (Å²) in [6.45, 7) is 8.83. The molecule has 4 saturated carbocycles. The largest absolute Gasteiger partial charge is 0.393 e. The normalized spacial score (nSPS) is 50.7. The molecule has 4 fully saturated rings. The second-order valence-electron chi connectivity index (χ2n) is 12.4. The molecule has 0 bridgehead atoms. The van der Waals surface area contributed by atoms with Crippen LogP contribution < -0.4 is 0 Å². The molecule has 168 valence electrons. The van der Waals surface area contributed by atoms with E-state index in [0.717, 1.165) is 31.1 Å². The van der Waals surface area contributed by atoms with Crippen LogP contribution in [-0.2, 0) is 0 Å². The molecule has 0 aliphatic heterocycles. The summed E-state index contributed by atoms with van der Waals surface area (Å²) >= 11 is 0. The number of hydrogen-bond donors (Lipinski definition) is 2. The maximum Gasteiger partial charge on any atom is 0.0577 e. The second-order valence-corrected chi connectivity index (χ2v) is 12.4. The monoisotopic (exact) mass is 405 g/mol. The molecule has 0 saturated heterocycles. The van der Waals surface area contributed by atoms with Crippen molar-refractivity contribution in [2.75, 3.05) is 20.6 Å². The summed E-state index contributed by atoms with van der Waals surface area (Å²) in [6, 6.07) is 0. The lowest BCUT2D eigenvalue weighted by Gasteiger charge is -2.62. The predicted octanol–water partition coefficient (Wildman–Crippen LogP) is 4.95. The summed E-state index contributed by atoms with van der Waals surface area (Å²) in [5, 5.41) is 21.6. The van der Waals surface area contributed by atoms with Gasteiger partial charge in [0.05, 0.1) is 12.2 Å². The molecular formula is C26H47NO2. The van der Waals surface area contributed by atoms with Crippen molar-refractivity contribution in [3.05, 3.63) is 0 Å². The number of aliphatic hydroxyl groups is 2. The smallest absolute Gasteiger partial charge is 0.0577 e. The van der Waals surface area contributed by atoms with Crippen LogP contribution in [0.4, 0.5) is 0 Å². The van der Waals surface area contributed by atoms with E-state index in [1.54, 1.807) is 0 Å². The van der Waals surface area contributed by atoms with Crippen molar-refractivity contribution in [1.82, 2.24) is 4.90 Å². The maximum absolute atomic E-state index is 11.3. The fourth-order valence-electron chi connectivity index (χ4n) is 9.11. The Morgan fingerprint density at radius 3 is 2.34 bits per heavy atom. The molecule has 0 radical (unpaired) electrons. The predicted molar refractivity (Wildman–Crippen MR) is 120 cm³/mol.